The predicted molar refractivity (Wildman–Crippen MR) is 68.1 cm³/mol. The van der Waals surface area contributed by atoms with Crippen molar-refractivity contribution in [3.8, 4) is 0 Å². The smallest absolute Gasteiger partial charge is 0.318 e. The van der Waals surface area contributed by atoms with Crippen LogP contribution in [0.25, 0.3) is 0 Å². The van der Waals surface area contributed by atoms with Crippen LogP contribution in [0, 0.1) is 0 Å². The summed E-state index contributed by atoms with van der Waals surface area (Å²) >= 11 is 1.87. The molecule has 0 unspecified atom stereocenters. The molecule has 0 aliphatic carbocycles. The van der Waals surface area contributed by atoms with E-state index >= 15 is 0 Å². The molecule has 3 amide bonds. The number of carbonyl (C=O) groups excluding carboxylic acids is 2. The molecule has 0 spiro atoms. The Bertz CT molecular complexity index is 292. The van der Waals surface area contributed by atoms with Crippen molar-refractivity contribution in [2.24, 2.45) is 0 Å². The molecule has 2 aliphatic heterocycles. The summed E-state index contributed by atoms with van der Waals surface area (Å²) in [7, 11) is 0. The standard InChI is InChI=1S/C11H19N3O2S/c15-10-9(3-1-2-4-12-10)13-11(16)14-5-7-17-8-6-14/h9H,1-8H2,(H,12,15)(H,13,16)/t9-/m0/s1. The van der Waals surface area contributed by atoms with E-state index in [1.54, 1.807) is 4.90 Å². The Hall–Kier alpha value is -0.910. The minimum Gasteiger partial charge on any atom is -0.354 e. The molecule has 6 heteroatoms. The van der Waals surface area contributed by atoms with Crippen molar-refractivity contribution in [2.75, 3.05) is 31.1 Å². The van der Waals surface area contributed by atoms with Crippen LogP contribution in [-0.2, 0) is 4.79 Å². The van der Waals surface area contributed by atoms with Crippen LogP contribution < -0.4 is 10.6 Å². The maximum absolute atomic E-state index is 11.9. The highest BCUT2D eigenvalue weighted by Gasteiger charge is 2.25. The van der Waals surface area contributed by atoms with E-state index in [9.17, 15) is 9.59 Å². The number of hydrogen-bond donors (Lipinski definition) is 2. The average Bonchev–Trinajstić information content (AvgIpc) is 2.56. The molecule has 2 N–H and O–H groups in total. The van der Waals surface area contributed by atoms with Gasteiger partial charge in [0.1, 0.15) is 6.04 Å². The molecule has 17 heavy (non-hydrogen) atoms. The van der Waals surface area contributed by atoms with E-state index < -0.39 is 0 Å². The molecule has 96 valence electrons. The summed E-state index contributed by atoms with van der Waals surface area (Å²) in [5.74, 6) is 1.94. The normalized spacial score (nSPS) is 26.0. The highest BCUT2D eigenvalue weighted by molar-refractivity contribution is 7.99. The van der Waals surface area contributed by atoms with Crippen LogP contribution in [0.15, 0.2) is 0 Å². The first-order valence-corrected chi connectivity index (χ1v) is 7.34. The molecule has 0 saturated carbocycles. The second kappa shape index (κ2) is 6.14. The zero-order chi connectivity index (χ0) is 12.1. The molecular formula is C11H19N3O2S. The van der Waals surface area contributed by atoms with E-state index in [0.29, 0.717) is 0 Å². The molecular weight excluding hydrogens is 238 g/mol. The molecule has 0 aromatic rings. The summed E-state index contributed by atoms with van der Waals surface area (Å²) in [6.45, 7) is 2.29. The van der Waals surface area contributed by atoms with Crippen LogP contribution in [0.4, 0.5) is 4.79 Å². The number of rotatable bonds is 1. The van der Waals surface area contributed by atoms with Crippen molar-refractivity contribution in [1.82, 2.24) is 15.5 Å². The Morgan fingerprint density at radius 3 is 2.88 bits per heavy atom. The molecule has 0 radical (unpaired) electrons. The van der Waals surface area contributed by atoms with Crippen molar-refractivity contribution >= 4 is 23.7 Å². The summed E-state index contributed by atoms with van der Waals surface area (Å²) < 4.78 is 0. The Morgan fingerprint density at radius 2 is 2.12 bits per heavy atom. The van der Waals surface area contributed by atoms with Crippen LogP contribution in [0.3, 0.4) is 0 Å². The number of hydrogen-bond acceptors (Lipinski definition) is 3. The van der Waals surface area contributed by atoms with Gasteiger partial charge in [0.2, 0.25) is 5.91 Å². The number of amides is 3. The van der Waals surface area contributed by atoms with E-state index in [1.807, 2.05) is 11.8 Å². The molecule has 2 heterocycles. The molecule has 0 bridgehead atoms. The van der Waals surface area contributed by atoms with Gasteiger partial charge in [-0.2, -0.15) is 11.8 Å². The van der Waals surface area contributed by atoms with E-state index in [-0.39, 0.29) is 18.0 Å². The van der Waals surface area contributed by atoms with Crippen LogP contribution in [0.2, 0.25) is 0 Å². The lowest BCUT2D eigenvalue weighted by Gasteiger charge is -2.28. The summed E-state index contributed by atoms with van der Waals surface area (Å²) in [4.78, 5) is 25.4. The minimum absolute atomic E-state index is 0.0396. The lowest BCUT2D eigenvalue weighted by molar-refractivity contribution is -0.122. The van der Waals surface area contributed by atoms with Crippen molar-refractivity contribution in [1.29, 1.82) is 0 Å². The van der Waals surface area contributed by atoms with Crippen LogP contribution in [0.5, 0.6) is 0 Å². The van der Waals surface area contributed by atoms with E-state index in [2.05, 4.69) is 10.6 Å². The van der Waals surface area contributed by atoms with E-state index in [1.165, 1.54) is 0 Å². The minimum atomic E-state index is -0.348. The quantitative estimate of drug-likeness (QED) is 0.715. The maximum Gasteiger partial charge on any atom is 0.318 e. The third kappa shape index (κ3) is 3.52. The van der Waals surface area contributed by atoms with Crippen molar-refractivity contribution in [3.63, 3.8) is 0 Å². The second-order valence-electron chi connectivity index (χ2n) is 4.39. The maximum atomic E-state index is 11.9. The Balaban J connectivity index is 1.85. The van der Waals surface area contributed by atoms with Gasteiger partial charge in [-0.05, 0) is 19.3 Å². The zero-order valence-corrected chi connectivity index (χ0v) is 10.7. The highest BCUT2D eigenvalue weighted by Crippen LogP contribution is 2.10. The predicted octanol–water partition coefficient (Wildman–Crippen LogP) is 0.413. The lowest BCUT2D eigenvalue weighted by atomic mass is 10.1. The van der Waals surface area contributed by atoms with Gasteiger partial charge in [-0.15, -0.1) is 0 Å². The highest BCUT2D eigenvalue weighted by atomic mass is 32.2. The molecule has 2 aliphatic rings. The fourth-order valence-corrected chi connectivity index (χ4v) is 2.99. The van der Waals surface area contributed by atoms with Gasteiger partial charge in [-0.3, -0.25) is 4.79 Å². The van der Waals surface area contributed by atoms with E-state index in [4.69, 9.17) is 0 Å². The van der Waals surface area contributed by atoms with E-state index in [0.717, 1.165) is 50.4 Å². The summed E-state index contributed by atoms with van der Waals surface area (Å²) in [5.41, 5.74) is 0. The van der Waals surface area contributed by atoms with Gasteiger partial charge >= 0.3 is 6.03 Å². The Labute approximate surface area is 106 Å². The van der Waals surface area contributed by atoms with Crippen LogP contribution in [0.1, 0.15) is 19.3 Å². The first kappa shape index (κ1) is 12.5. The molecule has 1 atom stereocenters. The number of thioether (sulfide) groups is 1. The van der Waals surface area contributed by atoms with Gasteiger partial charge in [0.15, 0.2) is 0 Å². The molecule has 5 nitrogen and oxygen atoms in total. The third-order valence-electron chi connectivity index (χ3n) is 3.13. The van der Waals surface area contributed by atoms with Gasteiger partial charge in [0, 0.05) is 31.1 Å². The van der Waals surface area contributed by atoms with Crippen molar-refractivity contribution in [3.05, 3.63) is 0 Å². The lowest BCUT2D eigenvalue weighted by Crippen LogP contribution is -2.52. The molecule has 0 aromatic carbocycles. The van der Waals surface area contributed by atoms with Crippen LogP contribution >= 0.6 is 11.8 Å². The first-order valence-electron chi connectivity index (χ1n) is 6.18. The topological polar surface area (TPSA) is 61.4 Å². The molecule has 0 aromatic heterocycles. The van der Waals surface area contributed by atoms with Gasteiger partial charge in [0.05, 0.1) is 0 Å². The summed E-state index contributed by atoms with van der Waals surface area (Å²) in [6.07, 6.45) is 2.73. The number of nitrogens with one attached hydrogen (secondary N) is 2. The Morgan fingerprint density at radius 1 is 1.35 bits per heavy atom. The Kier molecular flexibility index (Phi) is 4.53. The number of nitrogens with zero attached hydrogens (tertiary/aromatic N) is 1. The average molecular weight is 257 g/mol. The van der Waals surface area contributed by atoms with Gasteiger partial charge in [-0.1, -0.05) is 0 Å². The second-order valence-corrected chi connectivity index (χ2v) is 5.61. The van der Waals surface area contributed by atoms with Crippen LogP contribution in [-0.4, -0.2) is 54.0 Å². The van der Waals surface area contributed by atoms with Crippen molar-refractivity contribution in [2.45, 2.75) is 25.3 Å². The summed E-state index contributed by atoms with van der Waals surface area (Å²) in [6, 6.07) is -0.438. The summed E-state index contributed by atoms with van der Waals surface area (Å²) in [5, 5.41) is 5.67. The third-order valence-corrected chi connectivity index (χ3v) is 4.07. The number of carbonyl (C=O) groups is 2. The van der Waals surface area contributed by atoms with Gasteiger partial charge in [-0.25, -0.2) is 4.79 Å². The van der Waals surface area contributed by atoms with Gasteiger partial charge in [0.25, 0.3) is 0 Å². The van der Waals surface area contributed by atoms with Gasteiger partial charge < -0.3 is 15.5 Å². The SMILES string of the molecule is O=C1NCCCC[C@@H]1NC(=O)N1CCSCC1. The molecule has 2 saturated heterocycles. The fourth-order valence-electron chi connectivity index (χ4n) is 2.08. The monoisotopic (exact) mass is 257 g/mol. The number of urea groups is 1. The molecule has 2 rings (SSSR count). The molecule has 2 fully saturated rings. The first-order chi connectivity index (χ1) is 8.27. The van der Waals surface area contributed by atoms with Crippen molar-refractivity contribution < 1.29 is 9.59 Å². The largest absolute Gasteiger partial charge is 0.354 e. The zero-order valence-electron chi connectivity index (χ0n) is 9.91. The fraction of sp³-hybridized carbons (Fsp3) is 0.818.